The van der Waals surface area contributed by atoms with E-state index in [1.807, 2.05) is 0 Å². The lowest BCUT2D eigenvalue weighted by molar-refractivity contribution is -0.170. The highest BCUT2D eigenvalue weighted by molar-refractivity contribution is 5.98. The Labute approximate surface area is 135 Å². The van der Waals surface area contributed by atoms with Crippen molar-refractivity contribution in [1.29, 1.82) is 0 Å². The Morgan fingerprint density at radius 1 is 1.26 bits per heavy atom. The van der Waals surface area contributed by atoms with Gasteiger partial charge >= 0.3 is 12.1 Å². The fourth-order valence-electron chi connectivity index (χ4n) is 2.08. The molecule has 0 atom stereocenters. The number of nitrogens with zero attached hydrogens (tertiary/aromatic N) is 1. The monoisotopic (exact) mass is 323 g/mol. The molecule has 0 spiro atoms. The van der Waals surface area contributed by atoms with E-state index in [1.165, 1.54) is 12.1 Å². The first-order valence-electron chi connectivity index (χ1n) is 7.51. The highest BCUT2D eigenvalue weighted by Crippen LogP contribution is 2.26. The molecule has 0 aromatic heterocycles. The average molecular weight is 323 g/mol. The zero-order valence-corrected chi connectivity index (χ0v) is 13.1. The molecule has 1 aromatic carbocycles. The Morgan fingerprint density at radius 2 is 1.96 bits per heavy atom. The van der Waals surface area contributed by atoms with Crippen LogP contribution in [0.5, 0.6) is 0 Å². The molecule has 0 N–H and O–H groups in total. The van der Waals surface area contributed by atoms with Crippen LogP contribution in [0.25, 0.3) is 0 Å². The Hall–Kier alpha value is -2.22. The van der Waals surface area contributed by atoms with Crippen LogP contribution >= 0.6 is 0 Å². The number of unbranched alkanes of at least 4 members (excludes halogenated alkanes) is 3. The third-order valence-corrected chi connectivity index (χ3v) is 3.27. The number of halogens is 3. The Kier molecular flexibility index (Phi) is 7.40. The van der Waals surface area contributed by atoms with Crippen LogP contribution in [-0.2, 0) is 4.79 Å². The number of carbonyl (C=O) groups is 1. The van der Waals surface area contributed by atoms with E-state index < -0.39 is 12.1 Å². The molecule has 0 radical (unpaired) electrons. The summed E-state index contributed by atoms with van der Waals surface area (Å²) in [6.07, 6.45) is 7.63. The Morgan fingerprint density at radius 3 is 2.57 bits per heavy atom. The van der Waals surface area contributed by atoms with Gasteiger partial charge < -0.3 is 0 Å². The van der Waals surface area contributed by atoms with E-state index in [0.29, 0.717) is 4.90 Å². The first-order chi connectivity index (χ1) is 10.9. The fourth-order valence-corrected chi connectivity index (χ4v) is 2.08. The number of hydrogen-bond donors (Lipinski definition) is 0. The third kappa shape index (κ3) is 5.82. The molecule has 0 fully saturated rings. The van der Waals surface area contributed by atoms with Crippen molar-refractivity contribution < 1.29 is 18.0 Å². The molecule has 0 bridgehead atoms. The molecule has 124 valence electrons. The molecule has 0 aliphatic carbocycles. The molecule has 23 heavy (non-hydrogen) atoms. The largest absolute Gasteiger partial charge is 0.471 e. The standard InChI is InChI=1S/C18H20F3NO/c1-3-5-6-7-8-11-14-22(17(23)18(19,20)21)16-13-10-9-12-15(16)4-2/h2,8-13H,3,5-7,14H2,1H3/b11-8+. The van der Waals surface area contributed by atoms with Crippen molar-refractivity contribution >= 4 is 11.6 Å². The highest BCUT2D eigenvalue weighted by atomic mass is 19.4. The lowest BCUT2D eigenvalue weighted by Gasteiger charge is -2.23. The molecule has 1 rings (SSSR count). The van der Waals surface area contributed by atoms with Crippen LogP contribution in [0.2, 0.25) is 0 Å². The molecule has 2 nitrogen and oxygen atoms in total. The molecular weight excluding hydrogens is 303 g/mol. The Bertz CT molecular complexity index is 585. The van der Waals surface area contributed by atoms with E-state index in [0.717, 1.165) is 25.7 Å². The quantitative estimate of drug-likeness (QED) is 0.405. The van der Waals surface area contributed by atoms with Gasteiger partial charge in [-0.25, -0.2) is 0 Å². The molecule has 0 aliphatic heterocycles. The minimum absolute atomic E-state index is 0.0931. The molecular formula is C18H20F3NO. The Balaban J connectivity index is 2.95. The van der Waals surface area contributed by atoms with E-state index in [1.54, 1.807) is 24.3 Å². The molecule has 0 heterocycles. The summed E-state index contributed by atoms with van der Waals surface area (Å²) < 4.78 is 38.5. The maximum Gasteiger partial charge on any atom is 0.471 e. The van der Waals surface area contributed by atoms with Gasteiger partial charge in [-0.1, -0.05) is 50.0 Å². The van der Waals surface area contributed by atoms with Gasteiger partial charge in [0.1, 0.15) is 0 Å². The number of carbonyl (C=O) groups excluding carboxylic acids is 1. The summed E-state index contributed by atoms with van der Waals surface area (Å²) in [4.78, 5) is 12.4. The van der Waals surface area contributed by atoms with Gasteiger partial charge in [-0.15, -0.1) is 6.42 Å². The van der Waals surface area contributed by atoms with Crippen molar-refractivity contribution in [3.8, 4) is 12.3 Å². The topological polar surface area (TPSA) is 20.3 Å². The second kappa shape index (κ2) is 9.04. The van der Waals surface area contributed by atoms with Gasteiger partial charge in [-0.3, -0.25) is 9.69 Å². The van der Waals surface area contributed by atoms with Gasteiger partial charge in [0.05, 0.1) is 5.69 Å². The summed E-state index contributed by atoms with van der Waals surface area (Å²) in [6.45, 7) is 1.91. The van der Waals surface area contributed by atoms with Gasteiger partial charge in [0, 0.05) is 12.1 Å². The summed E-state index contributed by atoms with van der Waals surface area (Å²) in [6, 6.07) is 6.11. The molecule has 0 aliphatic rings. The van der Waals surface area contributed by atoms with Crippen molar-refractivity contribution in [1.82, 2.24) is 0 Å². The van der Waals surface area contributed by atoms with Gasteiger partial charge in [-0.2, -0.15) is 13.2 Å². The minimum atomic E-state index is -4.95. The molecule has 0 saturated carbocycles. The van der Waals surface area contributed by atoms with E-state index in [9.17, 15) is 18.0 Å². The second-order valence-electron chi connectivity index (χ2n) is 5.04. The fraction of sp³-hybridized carbons (Fsp3) is 0.389. The third-order valence-electron chi connectivity index (χ3n) is 3.27. The van der Waals surface area contributed by atoms with Crippen molar-refractivity contribution in [2.45, 2.75) is 38.8 Å². The minimum Gasteiger partial charge on any atom is -0.300 e. The number of terminal acetylenes is 1. The van der Waals surface area contributed by atoms with E-state index in [2.05, 4.69) is 12.8 Å². The van der Waals surface area contributed by atoms with Crippen LogP contribution < -0.4 is 4.90 Å². The van der Waals surface area contributed by atoms with Crippen LogP contribution in [0.4, 0.5) is 18.9 Å². The first-order valence-corrected chi connectivity index (χ1v) is 7.51. The van der Waals surface area contributed by atoms with E-state index >= 15 is 0 Å². The predicted octanol–water partition coefficient (Wildman–Crippen LogP) is 4.70. The van der Waals surface area contributed by atoms with Crippen LogP contribution in [-0.4, -0.2) is 18.6 Å². The number of para-hydroxylation sites is 1. The van der Waals surface area contributed by atoms with Crippen LogP contribution in [0.1, 0.15) is 38.2 Å². The second-order valence-corrected chi connectivity index (χ2v) is 5.04. The average Bonchev–Trinajstić information content (AvgIpc) is 2.53. The van der Waals surface area contributed by atoms with E-state index in [-0.39, 0.29) is 17.8 Å². The van der Waals surface area contributed by atoms with Crippen molar-refractivity contribution in [3.05, 3.63) is 42.0 Å². The van der Waals surface area contributed by atoms with Gasteiger partial charge in [0.2, 0.25) is 0 Å². The lowest BCUT2D eigenvalue weighted by Crippen LogP contribution is -2.41. The summed E-state index contributed by atoms with van der Waals surface area (Å²) >= 11 is 0. The van der Waals surface area contributed by atoms with E-state index in [4.69, 9.17) is 6.42 Å². The molecule has 0 unspecified atom stereocenters. The number of hydrogen-bond acceptors (Lipinski definition) is 1. The van der Waals surface area contributed by atoms with Gasteiger partial charge in [0.25, 0.3) is 0 Å². The molecule has 0 saturated heterocycles. The molecule has 5 heteroatoms. The molecule has 1 aromatic rings. The van der Waals surface area contributed by atoms with Crippen molar-refractivity contribution in [2.24, 2.45) is 0 Å². The van der Waals surface area contributed by atoms with Crippen LogP contribution in [0.3, 0.4) is 0 Å². The smallest absolute Gasteiger partial charge is 0.300 e. The predicted molar refractivity (Wildman–Crippen MR) is 86.1 cm³/mol. The number of benzene rings is 1. The SMILES string of the molecule is C#Cc1ccccc1N(C/C=C/CCCCC)C(=O)C(F)(F)F. The number of amides is 1. The number of allylic oxidation sites excluding steroid dienone is 1. The van der Waals surface area contributed by atoms with Crippen LogP contribution in [0.15, 0.2) is 36.4 Å². The summed E-state index contributed by atoms with van der Waals surface area (Å²) in [7, 11) is 0. The first kappa shape index (κ1) is 18.8. The number of anilines is 1. The van der Waals surface area contributed by atoms with Gasteiger partial charge in [0.15, 0.2) is 0 Å². The summed E-state index contributed by atoms with van der Waals surface area (Å²) in [5.74, 6) is 0.397. The van der Waals surface area contributed by atoms with Crippen LogP contribution in [0, 0.1) is 12.3 Å². The van der Waals surface area contributed by atoms with Gasteiger partial charge in [-0.05, 0) is 25.0 Å². The summed E-state index contributed by atoms with van der Waals surface area (Å²) in [5, 5.41) is 0. The zero-order valence-electron chi connectivity index (χ0n) is 13.1. The molecule has 1 amide bonds. The lowest BCUT2D eigenvalue weighted by atomic mass is 10.1. The summed E-state index contributed by atoms with van der Waals surface area (Å²) in [5.41, 5.74) is 0.347. The normalized spacial score (nSPS) is 11.4. The van der Waals surface area contributed by atoms with Crippen molar-refractivity contribution in [3.63, 3.8) is 0 Å². The van der Waals surface area contributed by atoms with Crippen molar-refractivity contribution in [2.75, 3.05) is 11.4 Å². The maximum atomic E-state index is 12.8. The number of rotatable bonds is 7. The maximum absolute atomic E-state index is 12.8. The highest BCUT2D eigenvalue weighted by Gasteiger charge is 2.43. The zero-order chi connectivity index (χ0) is 17.3. The number of alkyl halides is 3.